The fraction of sp³-hybridized carbons (Fsp3) is 0.316. The predicted molar refractivity (Wildman–Crippen MR) is 94.4 cm³/mol. The van der Waals surface area contributed by atoms with Gasteiger partial charge in [0.1, 0.15) is 0 Å². The van der Waals surface area contributed by atoms with Crippen LogP contribution in [0.2, 0.25) is 0 Å². The Hall–Kier alpha value is -2.73. The van der Waals surface area contributed by atoms with E-state index in [0.717, 1.165) is 11.1 Å². The second-order valence-electron chi connectivity index (χ2n) is 5.35. The van der Waals surface area contributed by atoms with Crippen molar-refractivity contribution < 1.29 is 23.7 Å². The van der Waals surface area contributed by atoms with Crippen molar-refractivity contribution in [3.63, 3.8) is 0 Å². The van der Waals surface area contributed by atoms with E-state index >= 15 is 0 Å². The Balaban J connectivity index is 2.08. The highest BCUT2D eigenvalue weighted by Crippen LogP contribution is 2.38. The first-order chi connectivity index (χ1) is 12.1. The molecular formula is C19H23NO5. The summed E-state index contributed by atoms with van der Waals surface area (Å²) < 4.78 is 21.0. The van der Waals surface area contributed by atoms with E-state index in [4.69, 9.17) is 18.9 Å². The molecule has 6 heteroatoms. The van der Waals surface area contributed by atoms with Crippen molar-refractivity contribution in [1.29, 1.82) is 0 Å². The van der Waals surface area contributed by atoms with Gasteiger partial charge in [-0.1, -0.05) is 12.1 Å². The molecule has 0 heterocycles. The summed E-state index contributed by atoms with van der Waals surface area (Å²) in [6.45, 7) is 0.864. The molecule has 1 N–H and O–H groups in total. The number of carbonyl (C=O) groups excluding carboxylic acids is 1. The minimum atomic E-state index is -0.155. The lowest BCUT2D eigenvalue weighted by atomic mass is 10.1. The smallest absolute Gasteiger partial charge is 0.251 e. The zero-order valence-electron chi connectivity index (χ0n) is 14.9. The lowest BCUT2D eigenvalue weighted by Crippen LogP contribution is -2.22. The summed E-state index contributed by atoms with van der Waals surface area (Å²) in [7, 11) is 6.30. The van der Waals surface area contributed by atoms with Crippen LogP contribution in [0.15, 0.2) is 36.4 Å². The maximum atomic E-state index is 12.3. The Morgan fingerprint density at radius 1 is 0.880 bits per heavy atom. The second-order valence-corrected chi connectivity index (χ2v) is 5.35. The second kappa shape index (κ2) is 8.94. The molecule has 1 amide bonds. The summed E-state index contributed by atoms with van der Waals surface area (Å²) in [6.07, 6.45) is 0. The van der Waals surface area contributed by atoms with Crippen molar-refractivity contribution in [2.75, 3.05) is 28.4 Å². The van der Waals surface area contributed by atoms with E-state index in [1.165, 1.54) is 0 Å². The van der Waals surface area contributed by atoms with E-state index in [1.807, 2.05) is 24.3 Å². The van der Waals surface area contributed by atoms with Crippen molar-refractivity contribution in [1.82, 2.24) is 5.32 Å². The molecule has 6 nitrogen and oxygen atoms in total. The van der Waals surface area contributed by atoms with Gasteiger partial charge in [-0.15, -0.1) is 0 Å². The summed E-state index contributed by atoms with van der Waals surface area (Å²) in [4.78, 5) is 12.3. The third-order valence-electron chi connectivity index (χ3n) is 3.70. The molecule has 25 heavy (non-hydrogen) atoms. The van der Waals surface area contributed by atoms with Crippen LogP contribution in [0.5, 0.6) is 17.2 Å². The Bertz CT molecular complexity index is 687. The van der Waals surface area contributed by atoms with Crippen LogP contribution in [0.4, 0.5) is 0 Å². The molecule has 0 aromatic heterocycles. The molecular weight excluding hydrogens is 322 g/mol. The van der Waals surface area contributed by atoms with Gasteiger partial charge in [-0.3, -0.25) is 4.79 Å². The molecule has 0 radical (unpaired) electrons. The van der Waals surface area contributed by atoms with Crippen LogP contribution in [0, 0.1) is 0 Å². The molecule has 0 unspecified atom stereocenters. The lowest BCUT2D eigenvalue weighted by Gasteiger charge is -2.14. The number of hydrogen-bond donors (Lipinski definition) is 1. The summed E-state index contributed by atoms with van der Waals surface area (Å²) in [5.41, 5.74) is 2.45. The van der Waals surface area contributed by atoms with E-state index in [2.05, 4.69) is 5.32 Å². The topological polar surface area (TPSA) is 66.0 Å². The average Bonchev–Trinajstić information content (AvgIpc) is 2.65. The molecule has 2 rings (SSSR count). The maximum absolute atomic E-state index is 12.3. The molecule has 0 aliphatic carbocycles. The zero-order chi connectivity index (χ0) is 18.2. The lowest BCUT2D eigenvalue weighted by molar-refractivity contribution is 0.0950. The van der Waals surface area contributed by atoms with E-state index < -0.39 is 0 Å². The van der Waals surface area contributed by atoms with Gasteiger partial charge < -0.3 is 24.3 Å². The number of hydrogen-bond acceptors (Lipinski definition) is 5. The summed E-state index contributed by atoms with van der Waals surface area (Å²) in [5, 5.41) is 2.88. The highest BCUT2D eigenvalue weighted by molar-refractivity contribution is 5.94. The summed E-state index contributed by atoms with van der Waals surface area (Å²) in [5.74, 6) is 1.47. The number of nitrogens with one attached hydrogen (secondary N) is 1. The molecule has 134 valence electrons. The van der Waals surface area contributed by atoms with Gasteiger partial charge in [0, 0.05) is 19.2 Å². The van der Waals surface area contributed by atoms with Crippen LogP contribution in [0.1, 0.15) is 21.5 Å². The van der Waals surface area contributed by atoms with Gasteiger partial charge in [-0.2, -0.15) is 0 Å². The van der Waals surface area contributed by atoms with Gasteiger partial charge in [-0.25, -0.2) is 0 Å². The van der Waals surface area contributed by atoms with Crippen LogP contribution in [0.25, 0.3) is 0 Å². The molecule has 2 aromatic rings. The standard InChI is InChI=1S/C19H23NO5/c1-22-12-13-5-7-15(8-6-13)19(21)20-11-14-9-16(23-2)18(25-4)17(10-14)24-3/h5-10H,11-12H2,1-4H3,(H,20,21). The Labute approximate surface area is 147 Å². The first-order valence-electron chi connectivity index (χ1n) is 7.77. The van der Waals surface area contributed by atoms with Crippen LogP contribution in [-0.2, 0) is 17.9 Å². The number of ether oxygens (including phenoxy) is 4. The molecule has 0 fully saturated rings. The molecule has 0 bridgehead atoms. The fourth-order valence-corrected chi connectivity index (χ4v) is 2.44. The van der Waals surface area contributed by atoms with Gasteiger partial charge in [0.05, 0.1) is 27.9 Å². The normalized spacial score (nSPS) is 10.2. The molecule has 0 atom stereocenters. The minimum Gasteiger partial charge on any atom is -0.493 e. The summed E-state index contributed by atoms with van der Waals surface area (Å²) >= 11 is 0. The van der Waals surface area contributed by atoms with Crippen LogP contribution >= 0.6 is 0 Å². The van der Waals surface area contributed by atoms with E-state index in [1.54, 1.807) is 40.6 Å². The van der Waals surface area contributed by atoms with Crippen molar-refractivity contribution in [2.45, 2.75) is 13.2 Å². The maximum Gasteiger partial charge on any atom is 0.251 e. The highest BCUT2D eigenvalue weighted by Gasteiger charge is 2.14. The first-order valence-corrected chi connectivity index (χ1v) is 7.77. The average molecular weight is 345 g/mol. The van der Waals surface area contributed by atoms with E-state index in [9.17, 15) is 4.79 Å². The van der Waals surface area contributed by atoms with Gasteiger partial charge in [0.25, 0.3) is 5.91 Å². The van der Waals surface area contributed by atoms with E-state index in [0.29, 0.717) is 36.0 Å². The van der Waals surface area contributed by atoms with Crippen molar-refractivity contribution in [2.24, 2.45) is 0 Å². The van der Waals surface area contributed by atoms with Crippen molar-refractivity contribution >= 4 is 5.91 Å². The quantitative estimate of drug-likeness (QED) is 0.797. The monoisotopic (exact) mass is 345 g/mol. The molecule has 0 aliphatic heterocycles. The van der Waals surface area contributed by atoms with Gasteiger partial charge in [0.15, 0.2) is 11.5 Å². The molecule has 0 saturated heterocycles. The SMILES string of the molecule is COCc1ccc(C(=O)NCc2cc(OC)c(OC)c(OC)c2)cc1. The minimum absolute atomic E-state index is 0.155. The molecule has 0 aliphatic rings. The van der Waals surface area contributed by atoms with Gasteiger partial charge in [-0.05, 0) is 35.4 Å². The third kappa shape index (κ3) is 4.64. The molecule has 0 spiro atoms. The van der Waals surface area contributed by atoms with Gasteiger partial charge >= 0.3 is 0 Å². The zero-order valence-corrected chi connectivity index (χ0v) is 14.9. The Morgan fingerprint density at radius 2 is 1.48 bits per heavy atom. The number of methoxy groups -OCH3 is 4. The number of carbonyl (C=O) groups is 1. The number of benzene rings is 2. The summed E-state index contributed by atoms with van der Waals surface area (Å²) in [6, 6.07) is 10.9. The Morgan fingerprint density at radius 3 is 1.96 bits per heavy atom. The van der Waals surface area contributed by atoms with Crippen LogP contribution in [0.3, 0.4) is 0 Å². The van der Waals surface area contributed by atoms with Crippen LogP contribution in [-0.4, -0.2) is 34.3 Å². The Kier molecular flexibility index (Phi) is 6.65. The number of rotatable bonds is 8. The van der Waals surface area contributed by atoms with Crippen molar-refractivity contribution in [3.8, 4) is 17.2 Å². The van der Waals surface area contributed by atoms with Crippen LogP contribution < -0.4 is 19.5 Å². The largest absolute Gasteiger partial charge is 0.493 e. The van der Waals surface area contributed by atoms with E-state index in [-0.39, 0.29) is 5.91 Å². The van der Waals surface area contributed by atoms with Crippen molar-refractivity contribution in [3.05, 3.63) is 53.1 Å². The van der Waals surface area contributed by atoms with Gasteiger partial charge in [0.2, 0.25) is 5.75 Å². The highest BCUT2D eigenvalue weighted by atomic mass is 16.5. The first kappa shape index (κ1) is 18.6. The molecule has 2 aromatic carbocycles. The third-order valence-corrected chi connectivity index (χ3v) is 3.70. The molecule has 0 saturated carbocycles. The fourth-order valence-electron chi connectivity index (χ4n) is 2.44. The predicted octanol–water partition coefficient (Wildman–Crippen LogP) is 2.79. The number of amides is 1.